The van der Waals surface area contributed by atoms with Crippen molar-refractivity contribution in [2.45, 2.75) is 6.42 Å². The molecule has 4 aromatic rings. The Bertz CT molecular complexity index is 1230. The summed E-state index contributed by atoms with van der Waals surface area (Å²) in [4.78, 5) is 22.3. The highest BCUT2D eigenvalue weighted by Gasteiger charge is 2.23. The summed E-state index contributed by atoms with van der Waals surface area (Å²) < 4.78 is 17.8. The van der Waals surface area contributed by atoms with Crippen LogP contribution < -0.4 is 19.1 Å². The van der Waals surface area contributed by atoms with Crippen molar-refractivity contribution in [3.8, 4) is 23.0 Å². The number of benzene rings is 3. The first-order valence-corrected chi connectivity index (χ1v) is 12.1. The third kappa shape index (κ3) is 5.72. The molecule has 182 valence electrons. The lowest BCUT2D eigenvalue weighted by molar-refractivity contribution is 0.0986. The summed E-state index contributed by atoms with van der Waals surface area (Å²) in [5, 5.41) is 0.608. The van der Waals surface area contributed by atoms with Crippen LogP contribution in [0, 0.1) is 0 Å². The Kier molecular flexibility index (Phi) is 7.84. The number of fused-ring (bicyclic) bond motifs is 1. The van der Waals surface area contributed by atoms with Gasteiger partial charge in [0.05, 0.1) is 14.2 Å². The van der Waals surface area contributed by atoms with Crippen LogP contribution in [0.1, 0.15) is 16.8 Å². The Labute approximate surface area is 209 Å². The number of carbonyl (C=O) groups excluding carboxylic acids is 1. The Balaban J connectivity index is 1.64. The molecule has 0 spiro atoms. The molecule has 0 bridgehead atoms. The van der Waals surface area contributed by atoms with E-state index in [9.17, 15) is 4.79 Å². The summed E-state index contributed by atoms with van der Waals surface area (Å²) in [7, 11) is 7.27. The van der Waals surface area contributed by atoms with Gasteiger partial charge in [-0.15, -0.1) is 0 Å². The maximum absolute atomic E-state index is 13.7. The molecule has 0 aliphatic heterocycles. The van der Waals surface area contributed by atoms with Crippen molar-refractivity contribution in [3.63, 3.8) is 0 Å². The van der Waals surface area contributed by atoms with Crippen molar-refractivity contribution < 1.29 is 19.0 Å². The number of ether oxygens (including phenoxy) is 3. The minimum atomic E-state index is -0.119. The van der Waals surface area contributed by atoms with Gasteiger partial charge in [-0.1, -0.05) is 29.5 Å². The first-order chi connectivity index (χ1) is 17.0. The predicted molar refractivity (Wildman–Crippen MR) is 141 cm³/mol. The number of thiazole rings is 1. The van der Waals surface area contributed by atoms with E-state index in [-0.39, 0.29) is 5.91 Å². The van der Waals surface area contributed by atoms with Crippen molar-refractivity contribution >= 4 is 32.6 Å². The number of amides is 1. The highest BCUT2D eigenvalue weighted by atomic mass is 32.1. The lowest BCUT2D eigenvalue weighted by Crippen LogP contribution is -2.33. The van der Waals surface area contributed by atoms with Crippen LogP contribution in [0.2, 0.25) is 0 Å². The lowest BCUT2D eigenvalue weighted by atomic mass is 10.2. The van der Waals surface area contributed by atoms with Crippen molar-refractivity contribution in [3.05, 3.63) is 72.3 Å². The van der Waals surface area contributed by atoms with E-state index >= 15 is 0 Å². The van der Waals surface area contributed by atoms with Gasteiger partial charge in [-0.2, -0.15) is 0 Å². The van der Waals surface area contributed by atoms with Gasteiger partial charge in [-0.3, -0.25) is 9.69 Å². The fourth-order valence-corrected chi connectivity index (χ4v) is 4.76. The molecule has 0 unspecified atom stereocenters. The molecule has 8 heteroatoms. The second kappa shape index (κ2) is 11.2. The molecule has 0 saturated heterocycles. The van der Waals surface area contributed by atoms with Crippen molar-refractivity contribution in [2.24, 2.45) is 0 Å². The standard InChI is InChI=1S/C27H29N3O4S/c1-29(2)17-8-18-30(27-28-24-22(32-3)15-16-23(33-4)25(24)35-27)26(31)19-11-13-21(14-12-19)34-20-9-6-5-7-10-20/h5-7,9-16H,8,17-18H2,1-4H3. The van der Waals surface area contributed by atoms with Crippen LogP contribution in [0.4, 0.5) is 5.13 Å². The normalized spacial score (nSPS) is 11.0. The zero-order valence-corrected chi connectivity index (χ0v) is 21.2. The topological polar surface area (TPSA) is 64.1 Å². The zero-order chi connectivity index (χ0) is 24.8. The number of aromatic nitrogens is 1. The van der Waals surface area contributed by atoms with E-state index in [2.05, 4.69) is 4.90 Å². The number of anilines is 1. The average molecular weight is 492 g/mol. The monoisotopic (exact) mass is 491 g/mol. The van der Waals surface area contributed by atoms with E-state index in [0.29, 0.717) is 40.0 Å². The second-order valence-corrected chi connectivity index (χ2v) is 9.17. The largest absolute Gasteiger partial charge is 0.495 e. The van der Waals surface area contributed by atoms with Crippen LogP contribution in [0.25, 0.3) is 10.2 Å². The molecule has 0 aliphatic carbocycles. The molecule has 0 saturated carbocycles. The van der Waals surface area contributed by atoms with Gasteiger partial charge in [0.2, 0.25) is 0 Å². The summed E-state index contributed by atoms with van der Waals surface area (Å²) in [5.41, 5.74) is 1.25. The van der Waals surface area contributed by atoms with Gasteiger partial charge in [-0.25, -0.2) is 4.98 Å². The Morgan fingerprint density at radius 2 is 1.51 bits per heavy atom. The van der Waals surface area contributed by atoms with Gasteiger partial charge in [0.1, 0.15) is 33.2 Å². The summed E-state index contributed by atoms with van der Waals surface area (Å²) in [6.07, 6.45) is 0.804. The van der Waals surface area contributed by atoms with E-state index in [0.717, 1.165) is 23.4 Å². The van der Waals surface area contributed by atoms with Gasteiger partial charge < -0.3 is 19.1 Å². The molecule has 1 amide bonds. The van der Waals surface area contributed by atoms with Crippen molar-refractivity contribution in [1.82, 2.24) is 9.88 Å². The van der Waals surface area contributed by atoms with Gasteiger partial charge in [0.25, 0.3) is 5.91 Å². The van der Waals surface area contributed by atoms with Gasteiger partial charge in [0.15, 0.2) is 5.13 Å². The van der Waals surface area contributed by atoms with Crippen molar-refractivity contribution in [1.29, 1.82) is 0 Å². The fraction of sp³-hybridized carbons (Fsp3) is 0.259. The van der Waals surface area contributed by atoms with Crippen LogP contribution >= 0.6 is 11.3 Å². The zero-order valence-electron chi connectivity index (χ0n) is 20.4. The maximum atomic E-state index is 13.7. The summed E-state index contributed by atoms with van der Waals surface area (Å²) in [6, 6.07) is 20.4. The molecule has 35 heavy (non-hydrogen) atoms. The first-order valence-electron chi connectivity index (χ1n) is 11.3. The molecule has 1 heterocycles. The minimum absolute atomic E-state index is 0.119. The molecule has 7 nitrogen and oxygen atoms in total. The molecular formula is C27H29N3O4S. The number of hydrogen-bond donors (Lipinski definition) is 0. The molecule has 0 fully saturated rings. The van der Waals surface area contributed by atoms with E-state index in [1.54, 1.807) is 31.3 Å². The van der Waals surface area contributed by atoms with E-state index in [1.807, 2.05) is 68.7 Å². The summed E-state index contributed by atoms with van der Waals surface area (Å²) >= 11 is 1.42. The number of rotatable bonds is 10. The number of nitrogens with zero attached hydrogens (tertiary/aromatic N) is 3. The third-order valence-electron chi connectivity index (χ3n) is 5.44. The molecule has 4 rings (SSSR count). The number of para-hydroxylation sites is 1. The summed E-state index contributed by atoms with van der Waals surface area (Å²) in [5.74, 6) is 2.64. The number of carbonyl (C=O) groups is 1. The maximum Gasteiger partial charge on any atom is 0.260 e. The Morgan fingerprint density at radius 1 is 0.857 bits per heavy atom. The predicted octanol–water partition coefficient (Wildman–Crippen LogP) is 5.70. The lowest BCUT2D eigenvalue weighted by Gasteiger charge is -2.21. The van der Waals surface area contributed by atoms with Crippen LogP contribution in [0.3, 0.4) is 0 Å². The summed E-state index contributed by atoms with van der Waals surface area (Å²) in [6.45, 7) is 1.38. The van der Waals surface area contributed by atoms with Crippen LogP contribution in [-0.2, 0) is 0 Å². The minimum Gasteiger partial charge on any atom is -0.495 e. The molecule has 3 aromatic carbocycles. The Morgan fingerprint density at radius 3 is 2.17 bits per heavy atom. The van der Waals surface area contributed by atoms with Gasteiger partial charge in [-0.05, 0) is 75.6 Å². The molecule has 0 aliphatic rings. The number of methoxy groups -OCH3 is 2. The third-order valence-corrected chi connectivity index (χ3v) is 6.54. The molecular weight excluding hydrogens is 462 g/mol. The highest BCUT2D eigenvalue weighted by Crippen LogP contribution is 2.40. The van der Waals surface area contributed by atoms with Gasteiger partial charge in [0, 0.05) is 12.1 Å². The van der Waals surface area contributed by atoms with E-state index in [1.165, 1.54) is 11.3 Å². The first kappa shape index (κ1) is 24.5. The molecule has 0 atom stereocenters. The SMILES string of the molecule is COc1ccc(OC)c2sc(N(CCCN(C)C)C(=O)c3ccc(Oc4ccccc4)cc3)nc12. The van der Waals surface area contributed by atoms with E-state index < -0.39 is 0 Å². The average Bonchev–Trinajstić information content (AvgIpc) is 3.32. The molecule has 0 radical (unpaired) electrons. The molecule has 0 N–H and O–H groups in total. The van der Waals surface area contributed by atoms with Crippen LogP contribution in [0.15, 0.2) is 66.7 Å². The Hall–Kier alpha value is -3.62. The van der Waals surface area contributed by atoms with Gasteiger partial charge >= 0.3 is 0 Å². The fourth-order valence-electron chi connectivity index (χ4n) is 3.66. The van der Waals surface area contributed by atoms with Crippen LogP contribution in [0.5, 0.6) is 23.0 Å². The van der Waals surface area contributed by atoms with Crippen LogP contribution in [-0.4, -0.2) is 57.2 Å². The second-order valence-electron chi connectivity index (χ2n) is 8.20. The quantitative estimate of drug-likeness (QED) is 0.283. The highest BCUT2D eigenvalue weighted by molar-refractivity contribution is 7.22. The number of hydrogen-bond acceptors (Lipinski definition) is 7. The van der Waals surface area contributed by atoms with Crippen molar-refractivity contribution in [2.75, 3.05) is 46.3 Å². The molecule has 1 aromatic heterocycles. The van der Waals surface area contributed by atoms with E-state index in [4.69, 9.17) is 19.2 Å². The smallest absolute Gasteiger partial charge is 0.260 e.